The number of benzene rings is 2. The van der Waals surface area contributed by atoms with Crippen LogP contribution in [0.1, 0.15) is 29.9 Å². The van der Waals surface area contributed by atoms with Gasteiger partial charge in [0.05, 0.1) is 0 Å². The van der Waals surface area contributed by atoms with Gasteiger partial charge in [-0.1, -0.05) is 42.5 Å². The van der Waals surface area contributed by atoms with Crippen LogP contribution in [0.2, 0.25) is 0 Å². The van der Waals surface area contributed by atoms with E-state index in [2.05, 4.69) is 24.3 Å². The van der Waals surface area contributed by atoms with E-state index in [1.165, 1.54) is 17.7 Å². The van der Waals surface area contributed by atoms with Gasteiger partial charge in [0, 0.05) is 11.5 Å². The van der Waals surface area contributed by atoms with E-state index in [1.807, 2.05) is 18.2 Å². The molecule has 2 N–H and O–H groups in total. The molecule has 1 nitrogen and oxygen atoms in total. The number of hydrogen-bond donors (Lipinski definition) is 1. The van der Waals surface area contributed by atoms with E-state index in [1.54, 1.807) is 0 Å². The molecular weight excluding hydrogens is 237 g/mol. The summed E-state index contributed by atoms with van der Waals surface area (Å²) >= 11 is 0. The topological polar surface area (TPSA) is 26.0 Å². The standard InChI is InChI=1S/C17H18FN/c18-15-8-6-14(7-9-15)16-12-17(16,19)11-10-13-4-2-1-3-5-13/h1-9,16H,10-12,19H2/t16-,17+/m1/s1. The number of nitrogens with two attached hydrogens (primary N) is 1. The van der Waals surface area contributed by atoms with Gasteiger partial charge < -0.3 is 5.73 Å². The fourth-order valence-electron chi connectivity index (χ4n) is 2.76. The molecule has 2 heteroatoms. The second-order valence-corrected chi connectivity index (χ2v) is 5.53. The van der Waals surface area contributed by atoms with Gasteiger partial charge >= 0.3 is 0 Å². The van der Waals surface area contributed by atoms with Gasteiger partial charge in [-0.15, -0.1) is 0 Å². The predicted octanol–water partition coefficient (Wildman–Crippen LogP) is 3.64. The summed E-state index contributed by atoms with van der Waals surface area (Å²) in [6, 6.07) is 17.2. The van der Waals surface area contributed by atoms with Gasteiger partial charge in [0.2, 0.25) is 0 Å². The Bertz CT molecular complexity index is 549. The van der Waals surface area contributed by atoms with Crippen molar-refractivity contribution in [3.63, 3.8) is 0 Å². The van der Waals surface area contributed by atoms with E-state index in [0.717, 1.165) is 24.8 Å². The first-order chi connectivity index (χ1) is 9.17. The van der Waals surface area contributed by atoms with Gasteiger partial charge in [-0.05, 0) is 42.5 Å². The minimum absolute atomic E-state index is 0.104. The summed E-state index contributed by atoms with van der Waals surface area (Å²) in [5.41, 5.74) is 8.81. The molecule has 2 aromatic carbocycles. The smallest absolute Gasteiger partial charge is 0.123 e. The Morgan fingerprint density at radius 2 is 1.74 bits per heavy atom. The van der Waals surface area contributed by atoms with Crippen LogP contribution in [0.4, 0.5) is 4.39 Å². The summed E-state index contributed by atoms with van der Waals surface area (Å²) in [7, 11) is 0. The molecule has 0 amide bonds. The minimum atomic E-state index is -0.184. The second kappa shape index (κ2) is 4.78. The largest absolute Gasteiger partial charge is 0.325 e. The first kappa shape index (κ1) is 12.4. The lowest BCUT2D eigenvalue weighted by Gasteiger charge is -2.11. The van der Waals surface area contributed by atoms with Crippen molar-refractivity contribution >= 4 is 0 Å². The van der Waals surface area contributed by atoms with Gasteiger partial charge in [0.1, 0.15) is 5.82 Å². The number of aryl methyl sites for hydroxylation is 1. The van der Waals surface area contributed by atoms with Crippen LogP contribution in [0.5, 0.6) is 0 Å². The highest BCUT2D eigenvalue weighted by atomic mass is 19.1. The first-order valence-electron chi connectivity index (χ1n) is 6.76. The molecular formula is C17H18FN. The van der Waals surface area contributed by atoms with Crippen molar-refractivity contribution in [1.29, 1.82) is 0 Å². The molecule has 3 rings (SSSR count). The number of rotatable bonds is 4. The van der Waals surface area contributed by atoms with E-state index < -0.39 is 0 Å². The highest BCUT2D eigenvalue weighted by molar-refractivity contribution is 5.33. The van der Waals surface area contributed by atoms with Crippen molar-refractivity contribution in [3.8, 4) is 0 Å². The summed E-state index contributed by atoms with van der Waals surface area (Å²) in [5.74, 6) is 0.202. The SMILES string of the molecule is N[C@@]1(CCc2ccccc2)C[C@@H]1c1ccc(F)cc1. The van der Waals surface area contributed by atoms with E-state index >= 15 is 0 Å². The van der Waals surface area contributed by atoms with Crippen LogP contribution in [0.3, 0.4) is 0 Å². The van der Waals surface area contributed by atoms with Crippen LogP contribution in [-0.4, -0.2) is 5.54 Å². The van der Waals surface area contributed by atoms with Crippen LogP contribution in [-0.2, 0) is 6.42 Å². The molecule has 0 aliphatic heterocycles. The first-order valence-corrected chi connectivity index (χ1v) is 6.76. The second-order valence-electron chi connectivity index (χ2n) is 5.53. The molecule has 2 atom stereocenters. The molecule has 1 aliphatic rings. The highest BCUT2D eigenvalue weighted by Crippen LogP contribution is 2.52. The van der Waals surface area contributed by atoms with Crippen molar-refractivity contribution < 1.29 is 4.39 Å². The quantitative estimate of drug-likeness (QED) is 0.886. The van der Waals surface area contributed by atoms with Crippen LogP contribution < -0.4 is 5.73 Å². The maximum absolute atomic E-state index is 12.9. The Morgan fingerprint density at radius 1 is 1.05 bits per heavy atom. The molecule has 1 fully saturated rings. The molecule has 0 aromatic heterocycles. The van der Waals surface area contributed by atoms with E-state index in [9.17, 15) is 4.39 Å². The predicted molar refractivity (Wildman–Crippen MR) is 75.4 cm³/mol. The molecule has 0 bridgehead atoms. The van der Waals surface area contributed by atoms with Gasteiger partial charge in [-0.2, -0.15) is 0 Å². The zero-order valence-electron chi connectivity index (χ0n) is 10.9. The van der Waals surface area contributed by atoms with Crippen LogP contribution >= 0.6 is 0 Å². The average molecular weight is 255 g/mol. The molecule has 19 heavy (non-hydrogen) atoms. The monoisotopic (exact) mass is 255 g/mol. The Hall–Kier alpha value is -1.67. The number of hydrogen-bond acceptors (Lipinski definition) is 1. The zero-order chi connectivity index (χ0) is 13.3. The van der Waals surface area contributed by atoms with Crippen LogP contribution in [0, 0.1) is 5.82 Å². The lowest BCUT2D eigenvalue weighted by atomic mass is 9.99. The fourth-order valence-corrected chi connectivity index (χ4v) is 2.76. The van der Waals surface area contributed by atoms with Crippen molar-refractivity contribution in [3.05, 3.63) is 71.5 Å². The Balaban J connectivity index is 1.62. The summed E-state index contributed by atoms with van der Waals surface area (Å²) in [6.45, 7) is 0. The zero-order valence-corrected chi connectivity index (χ0v) is 10.9. The van der Waals surface area contributed by atoms with Crippen molar-refractivity contribution in [1.82, 2.24) is 0 Å². The van der Waals surface area contributed by atoms with E-state index in [-0.39, 0.29) is 11.4 Å². The molecule has 0 radical (unpaired) electrons. The maximum Gasteiger partial charge on any atom is 0.123 e. The van der Waals surface area contributed by atoms with Crippen molar-refractivity contribution in [2.24, 2.45) is 5.73 Å². The molecule has 2 aromatic rings. The molecule has 0 heterocycles. The molecule has 98 valence electrons. The van der Waals surface area contributed by atoms with Crippen LogP contribution in [0.15, 0.2) is 54.6 Å². The lowest BCUT2D eigenvalue weighted by molar-refractivity contribution is 0.587. The van der Waals surface area contributed by atoms with E-state index in [4.69, 9.17) is 5.73 Å². The highest BCUT2D eigenvalue weighted by Gasteiger charge is 2.50. The Kier molecular flexibility index (Phi) is 3.11. The molecule has 0 saturated heterocycles. The Morgan fingerprint density at radius 3 is 2.42 bits per heavy atom. The van der Waals surface area contributed by atoms with Gasteiger partial charge in [-0.25, -0.2) is 4.39 Å². The Labute approximate surface area is 113 Å². The summed E-state index contributed by atoms with van der Waals surface area (Å²) < 4.78 is 12.9. The third-order valence-corrected chi connectivity index (χ3v) is 4.11. The third kappa shape index (κ3) is 2.69. The van der Waals surface area contributed by atoms with Crippen molar-refractivity contribution in [2.75, 3.05) is 0 Å². The number of halogens is 1. The van der Waals surface area contributed by atoms with Crippen LogP contribution in [0.25, 0.3) is 0 Å². The summed E-state index contributed by atoms with van der Waals surface area (Å²) in [4.78, 5) is 0. The normalized spacial score (nSPS) is 25.3. The van der Waals surface area contributed by atoms with E-state index in [0.29, 0.717) is 5.92 Å². The molecule has 0 spiro atoms. The van der Waals surface area contributed by atoms with Gasteiger partial charge in [-0.3, -0.25) is 0 Å². The van der Waals surface area contributed by atoms with Crippen molar-refractivity contribution in [2.45, 2.75) is 30.7 Å². The lowest BCUT2D eigenvalue weighted by Crippen LogP contribution is -2.25. The fraction of sp³-hybridized carbons (Fsp3) is 0.294. The molecule has 1 saturated carbocycles. The third-order valence-electron chi connectivity index (χ3n) is 4.11. The van der Waals surface area contributed by atoms with Gasteiger partial charge in [0.25, 0.3) is 0 Å². The maximum atomic E-state index is 12.9. The van der Waals surface area contributed by atoms with Gasteiger partial charge in [0.15, 0.2) is 0 Å². The summed E-state index contributed by atoms with van der Waals surface area (Å²) in [6.07, 6.45) is 3.00. The minimum Gasteiger partial charge on any atom is -0.325 e. The molecule has 0 unspecified atom stereocenters. The summed E-state index contributed by atoms with van der Waals surface area (Å²) in [5, 5.41) is 0. The molecule has 1 aliphatic carbocycles. The average Bonchev–Trinajstić information content (AvgIpc) is 3.11.